The molecule has 0 unspecified atom stereocenters. The van der Waals surface area contributed by atoms with Crippen molar-refractivity contribution < 1.29 is 0 Å². The second-order valence-corrected chi connectivity index (χ2v) is 4.46. The number of benzene rings is 1. The van der Waals surface area contributed by atoms with E-state index in [9.17, 15) is 0 Å². The van der Waals surface area contributed by atoms with Crippen LogP contribution in [0.25, 0.3) is 0 Å². The van der Waals surface area contributed by atoms with E-state index in [0.29, 0.717) is 6.54 Å². The van der Waals surface area contributed by atoms with Gasteiger partial charge in [0.1, 0.15) is 0 Å². The minimum absolute atomic E-state index is 0.177. The van der Waals surface area contributed by atoms with Crippen LogP contribution in [0.1, 0.15) is 31.2 Å². The first-order valence-corrected chi connectivity index (χ1v) is 5.73. The molecule has 80 valence electrons. The fraction of sp³-hybridized carbons (Fsp3) is 0.429. The Labute approximate surface area is 92.0 Å². The summed E-state index contributed by atoms with van der Waals surface area (Å²) in [6, 6.07) is 10.7. The minimum Gasteiger partial charge on any atom is -0.327 e. The lowest BCUT2D eigenvalue weighted by atomic mass is 9.73. The molecule has 1 aliphatic rings. The van der Waals surface area contributed by atoms with Gasteiger partial charge in [-0.3, -0.25) is 0 Å². The maximum atomic E-state index is 5.77. The number of rotatable bonds is 3. The first kappa shape index (κ1) is 10.4. The molecule has 2 N–H and O–H groups in total. The average molecular weight is 201 g/mol. The van der Waals surface area contributed by atoms with Gasteiger partial charge in [0.25, 0.3) is 0 Å². The van der Waals surface area contributed by atoms with E-state index in [2.05, 4.69) is 36.9 Å². The molecule has 0 heterocycles. The molecule has 0 spiro atoms. The Balaban J connectivity index is 2.39. The molecule has 1 aromatic carbocycles. The molecule has 1 aromatic rings. The number of nitrogens with two attached hydrogens (primary N) is 1. The summed E-state index contributed by atoms with van der Waals surface area (Å²) in [6.45, 7) is 4.78. The standard InChI is InChI=1S/C14H19N/c1-12(11-15)14(9-5-6-10-14)13-7-3-2-4-8-13/h2-4,7-8H,1,5-6,9-11,15H2. The molecule has 0 atom stereocenters. The zero-order valence-electron chi connectivity index (χ0n) is 9.21. The fourth-order valence-electron chi connectivity index (χ4n) is 2.78. The summed E-state index contributed by atoms with van der Waals surface area (Å²) in [5, 5.41) is 0. The third kappa shape index (κ3) is 1.72. The minimum atomic E-state index is 0.177. The van der Waals surface area contributed by atoms with Gasteiger partial charge in [0.15, 0.2) is 0 Å². The molecule has 0 radical (unpaired) electrons. The highest BCUT2D eigenvalue weighted by atomic mass is 14.6. The van der Waals surface area contributed by atoms with Gasteiger partial charge in [-0.2, -0.15) is 0 Å². The molecule has 0 bridgehead atoms. The molecule has 1 nitrogen and oxygen atoms in total. The van der Waals surface area contributed by atoms with Gasteiger partial charge >= 0.3 is 0 Å². The van der Waals surface area contributed by atoms with Crippen LogP contribution in [-0.4, -0.2) is 6.54 Å². The van der Waals surface area contributed by atoms with Gasteiger partial charge in [0.05, 0.1) is 0 Å². The van der Waals surface area contributed by atoms with Gasteiger partial charge in [-0.25, -0.2) is 0 Å². The van der Waals surface area contributed by atoms with Crippen molar-refractivity contribution in [1.29, 1.82) is 0 Å². The van der Waals surface area contributed by atoms with E-state index in [0.717, 1.165) is 0 Å². The van der Waals surface area contributed by atoms with Crippen LogP contribution in [-0.2, 0) is 5.41 Å². The largest absolute Gasteiger partial charge is 0.327 e. The SMILES string of the molecule is C=C(CN)C1(c2ccccc2)CCCC1. The highest BCUT2D eigenvalue weighted by Gasteiger charge is 2.37. The number of hydrogen-bond acceptors (Lipinski definition) is 1. The molecule has 2 rings (SSSR count). The van der Waals surface area contributed by atoms with Crippen molar-refractivity contribution >= 4 is 0 Å². The van der Waals surface area contributed by atoms with Crippen molar-refractivity contribution in [2.24, 2.45) is 5.73 Å². The van der Waals surface area contributed by atoms with Crippen LogP contribution in [0.5, 0.6) is 0 Å². The molecular weight excluding hydrogens is 182 g/mol. The topological polar surface area (TPSA) is 26.0 Å². The monoisotopic (exact) mass is 201 g/mol. The lowest BCUT2D eigenvalue weighted by Crippen LogP contribution is -2.28. The summed E-state index contributed by atoms with van der Waals surface area (Å²) in [5.41, 5.74) is 8.55. The molecule has 15 heavy (non-hydrogen) atoms. The maximum absolute atomic E-state index is 5.77. The highest BCUT2D eigenvalue weighted by Crippen LogP contribution is 2.45. The molecule has 0 saturated heterocycles. The van der Waals surface area contributed by atoms with Crippen molar-refractivity contribution in [3.63, 3.8) is 0 Å². The van der Waals surface area contributed by atoms with Gasteiger partial charge in [-0.15, -0.1) is 0 Å². The molecule has 0 amide bonds. The van der Waals surface area contributed by atoms with E-state index in [4.69, 9.17) is 5.73 Å². The van der Waals surface area contributed by atoms with Gasteiger partial charge in [0.2, 0.25) is 0 Å². The molecular formula is C14H19N. The normalized spacial score (nSPS) is 19.0. The zero-order valence-corrected chi connectivity index (χ0v) is 9.21. The molecule has 0 aromatic heterocycles. The van der Waals surface area contributed by atoms with Crippen molar-refractivity contribution in [1.82, 2.24) is 0 Å². The van der Waals surface area contributed by atoms with E-state index in [1.807, 2.05) is 0 Å². The lowest BCUT2D eigenvalue weighted by Gasteiger charge is -2.31. The zero-order chi connectivity index (χ0) is 10.7. The summed E-state index contributed by atoms with van der Waals surface area (Å²) < 4.78 is 0. The first-order chi connectivity index (χ1) is 7.29. The van der Waals surface area contributed by atoms with Crippen LogP contribution < -0.4 is 5.73 Å². The van der Waals surface area contributed by atoms with Crippen LogP contribution in [0.4, 0.5) is 0 Å². The Hall–Kier alpha value is -1.08. The van der Waals surface area contributed by atoms with E-state index in [1.165, 1.54) is 36.8 Å². The first-order valence-electron chi connectivity index (χ1n) is 5.73. The second-order valence-electron chi connectivity index (χ2n) is 4.46. The Morgan fingerprint density at radius 1 is 1.20 bits per heavy atom. The maximum Gasteiger partial charge on any atom is 0.0171 e. The van der Waals surface area contributed by atoms with E-state index in [-0.39, 0.29) is 5.41 Å². The highest BCUT2D eigenvalue weighted by molar-refractivity contribution is 5.37. The Morgan fingerprint density at radius 2 is 1.80 bits per heavy atom. The fourth-order valence-corrected chi connectivity index (χ4v) is 2.78. The van der Waals surface area contributed by atoms with Crippen LogP contribution in [0, 0.1) is 0 Å². The quantitative estimate of drug-likeness (QED) is 0.747. The van der Waals surface area contributed by atoms with Crippen LogP contribution in [0.15, 0.2) is 42.5 Å². The molecule has 1 heteroatoms. The van der Waals surface area contributed by atoms with Crippen molar-refractivity contribution in [3.8, 4) is 0 Å². The Bertz CT molecular complexity index is 334. The summed E-state index contributed by atoms with van der Waals surface area (Å²) >= 11 is 0. The molecule has 1 saturated carbocycles. The van der Waals surface area contributed by atoms with E-state index in [1.54, 1.807) is 0 Å². The van der Waals surface area contributed by atoms with Crippen LogP contribution >= 0.6 is 0 Å². The Kier molecular flexibility index (Phi) is 2.92. The summed E-state index contributed by atoms with van der Waals surface area (Å²) in [7, 11) is 0. The van der Waals surface area contributed by atoms with Crippen molar-refractivity contribution in [3.05, 3.63) is 48.0 Å². The van der Waals surface area contributed by atoms with Gasteiger partial charge in [0, 0.05) is 12.0 Å². The lowest BCUT2D eigenvalue weighted by molar-refractivity contribution is 0.516. The van der Waals surface area contributed by atoms with Crippen molar-refractivity contribution in [2.45, 2.75) is 31.1 Å². The van der Waals surface area contributed by atoms with E-state index >= 15 is 0 Å². The van der Waals surface area contributed by atoms with Gasteiger partial charge < -0.3 is 5.73 Å². The predicted molar refractivity (Wildman–Crippen MR) is 64.8 cm³/mol. The van der Waals surface area contributed by atoms with Gasteiger partial charge in [-0.1, -0.05) is 55.3 Å². The molecule has 1 fully saturated rings. The van der Waals surface area contributed by atoms with Gasteiger partial charge in [-0.05, 0) is 18.4 Å². The van der Waals surface area contributed by atoms with Crippen molar-refractivity contribution in [2.75, 3.05) is 6.54 Å². The smallest absolute Gasteiger partial charge is 0.0171 e. The third-order valence-electron chi connectivity index (χ3n) is 3.71. The average Bonchev–Trinajstić information content (AvgIpc) is 2.79. The summed E-state index contributed by atoms with van der Waals surface area (Å²) in [4.78, 5) is 0. The third-order valence-corrected chi connectivity index (χ3v) is 3.71. The summed E-state index contributed by atoms with van der Waals surface area (Å²) in [5.74, 6) is 0. The molecule has 1 aliphatic carbocycles. The molecule has 0 aliphatic heterocycles. The number of hydrogen-bond donors (Lipinski definition) is 1. The summed E-state index contributed by atoms with van der Waals surface area (Å²) in [6.07, 6.45) is 5.03. The second kappa shape index (κ2) is 4.19. The van der Waals surface area contributed by atoms with Crippen LogP contribution in [0.2, 0.25) is 0 Å². The van der Waals surface area contributed by atoms with E-state index < -0.39 is 0 Å². The predicted octanol–water partition coefficient (Wildman–Crippen LogP) is 3.01. The van der Waals surface area contributed by atoms with Crippen LogP contribution in [0.3, 0.4) is 0 Å². The Morgan fingerprint density at radius 3 is 2.33 bits per heavy atom.